The average Bonchev–Trinajstić information content (AvgIpc) is 2.24. The minimum absolute atomic E-state index is 0.243. The maximum Gasteiger partial charge on any atom is 0.252 e. The van der Waals surface area contributed by atoms with Gasteiger partial charge < -0.3 is 21.9 Å². The second kappa shape index (κ2) is 4.21. The van der Waals surface area contributed by atoms with Gasteiger partial charge in [0, 0.05) is 6.54 Å². The van der Waals surface area contributed by atoms with Gasteiger partial charge in [0.1, 0.15) is 5.82 Å². The Kier molecular flexibility index (Phi) is 2.89. The molecule has 1 saturated carbocycles. The second-order valence-electron chi connectivity index (χ2n) is 4.46. The molecule has 6 nitrogen and oxygen atoms in total. The van der Waals surface area contributed by atoms with E-state index in [0.29, 0.717) is 18.1 Å². The van der Waals surface area contributed by atoms with Gasteiger partial charge in [0.15, 0.2) is 0 Å². The molecule has 0 atom stereocenters. The molecule has 1 heterocycles. The van der Waals surface area contributed by atoms with Crippen molar-refractivity contribution in [2.75, 3.05) is 17.6 Å². The summed E-state index contributed by atoms with van der Waals surface area (Å²) in [4.78, 5) is 15.2. The van der Waals surface area contributed by atoms with E-state index in [-0.39, 0.29) is 5.56 Å². The lowest BCUT2D eigenvalue weighted by Gasteiger charge is -2.36. The Morgan fingerprint density at radius 2 is 2.29 bits per heavy atom. The predicted molar refractivity (Wildman–Crippen MR) is 64.5 cm³/mol. The highest BCUT2D eigenvalue weighted by Gasteiger charge is 2.34. The number of rotatable bonds is 4. The molecule has 2 rings (SSSR count). The molecule has 17 heavy (non-hydrogen) atoms. The van der Waals surface area contributed by atoms with Gasteiger partial charge in [-0.25, -0.2) is 4.98 Å². The van der Waals surface area contributed by atoms with Crippen LogP contribution in [0.4, 0.5) is 11.5 Å². The highest BCUT2D eigenvalue weighted by Crippen LogP contribution is 2.31. The minimum atomic E-state index is -0.683. The van der Waals surface area contributed by atoms with E-state index in [9.17, 15) is 9.90 Å². The normalized spacial score (nSPS) is 17.2. The van der Waals surface area contributed by atoms with E-state index < -0.39 is 11.5 Å². The van der Waals surface area contributed by atoms with Gasteiger partial charge in [0.2, 0.25) is 0 Å². The van der Waals surface area contributed by atoms with Gasteiger partial charge in [-0.2, -0.15) is 0 Å². The topological polar surface area (TPSA) is 114 Å². The fourth-order valence-corrected chi connectivity index (χ4v) is 1.82. The quantitative estimate of drug-likeness (QED) is 0.591. The molecule has 1 fully saturated rings. The maximum absolute atomic E-state index is 11.2. The summed E-state index contributed by atoms with van der Waals surface area (Å²) in [5.74, 6) is -0.222. The van der Waals surface area contributed by atoms with Crippen LogP contribution in [0.3, 0.4) is 0 Å². The molecule has 92 valence electrons. The number of pyridine rings is 1. The molecule has 0 radical (unpaired) electrons. The van der Waals surface area contributed by atoms with Crippen LogP contribution < -0.4 is 16.8 Å². The van der Waals surface area contributed by atoms with Crippen LogP contribution in [-0.2, 0) is 0 Å². The molecule has 0 aromatic carbocycles. The Morgan fingerprint density at radius 1 is 1.59 bits per heavy atom. The molecule has 6 heteroatoms. The number of aliphatic hydroxyl groups is 1. The number of amides is 1. The summed E-state index contributed by atoms with van der Waals surface area (Å²) in [5, 5.41) is 12.9. The van der Waals surface area contributed by atoms with E-state index >= 15 is 0 Å². The number of nitrogens with zero attached hydrogens (tertiary/aromatic N) is 1. The monoisotopic (exact) mass is 236 g/mol. The lowest BCUT2D eigenvalue weighted by molar-refractivity contribution is -0.0202. The van der Waals surface area contributed by atoms with Gasteiger partial charge in [-0.15, -0.1) is 0 Å². The molecule has 6 N–H and O–H groups in total. The molecular weight excluding hydrogens is 220 g/mol. The average molecular weight is 236 g/mol. The lowest BCUT2D eigenvalue weighted by atomic mass is 9.80. The Labute approximate surface area is 99.0 Å². The van der Waals surface area contributed by atoms with Gasteiger partial charge in [-0.05, 0) is 25.3 Å². The first kappa shape index (κ1) is 11.7. The SMILES string of the molecule is NC(=O)c1cc(N)cnc1NCC1(O)CCC1. The summed E-state index contributed by atoms with van der Waals surface area (Å²) in [7, 11) is 0. The summed E-state index contributed by atoms with van der Waals surface area (Å²) in [6.45, 7) is 0.365. The van der Waals surface area contributed by atoms with Crippen molar-refractivity contribution in [3.63, 3.8) is 0 Å². The second-order valence-corrected chi connectivity index (χ2v) is 4.46. The number of aromatic nitrogens is 1. The number of primary amides is 1. The number of nitrogen functional groups attached to an aromatic ring is 1. The zero-order chi connectivity index (χ0) is 12.5. The van der Waals surface area contributed by atoms with Gasteiger partial charge >= 0.3 is 0 Å². The first-order valence-corrected chi connectivity index (χ1v) is 5.52. The van der Waals surface area contributed by atoms with Crippen molar-refractivity contribution in [2.24, 2.45) is 5.73 Å². The van der Waals surface area contributed by atoms with Crippen molar-refractivity contribution in [2.45, 2.75) is 24.9 Å². The van der Waals surface area contributed by atoms with Crippen molar-refractivity contribution in [3.8, 4) is 0 Å². The molecule has 0 bridgehead atoms. The number of hydrogen-bond donors (Lipinski definition) is 4. The van der Waals surface area contributed by atoms with E-state index in [2.05, 4.69) is 10.3 Å². The van der Waals surface area contributed by atoms with E-state index in [1.165, 1.54) is 12.3 Å². The Bertz CT molecular complexity index is 443. The molecule has 1 aliphatic rings. The molecule has 1 amide bonds. The first-order chi connectivity index (χ1) is 8.00. The zero-order valence-electron chi connectivity index (χ0n) is 9.44. The van der Waals surface area contributed by atoms with Gasteiger partial charge in [0.25, 0.3) is 5.91 Å². The number of hydrogen-bond acceptors (Lipinski definition) is 5. The van der Waals surface area contributed by atoms with Crippen LogP contribution in [0.1, 0.15) is 29.6 Å². The van der Waals surface area contributed by atoms with Crippen LogP contribution in [0.2, 0.25) is 0 Å². The van der Waals surface area contributed by atoms with Crippen molar-refractivity contribution in [1.82, 2.24) is 4.98 Å². The van der Waals surface area contributed by atoms with Crippen LogP contribution in [-0.4, -0.2) is 28.1 Å². The summed E-state index contributed by atoms with van der Waals surface area (Å²) >= 11 is 0. The largest absolute Gasteiger partial charge is 0.397 e. The van der Waals surface area contributed by atoms with Gasteiger partial charge in [-0.3, -0.25) is 4.79 Å². The van der Waals surface area contributed by atoms with Gasteiger partial charge in [-0.1, -0.05) is 0 Å². The number of carbonyl (C=O) groups is 1. The molecule has 0 unspecified atom stereocenters. The molecule has 1 aromatic heterocycles. The first-order valence-electron chi connectivity index (χ1n) is 5.52. The number of nitrogens with two attached hydrogens (primary N) is 2. The standard InChI is InChI=1S/C11H16N4O2/c12-7-4-8(9(13)16)10(14-5-7)15-6-11(17)2-1-3-11/h4-5,17H,1-3,6,12H2,(H2,13,16)(H,14,15). The van der Waals surface area contributed by atoms with Crippen LogP contribution >= 0.6 is 0 Å². The molecule has 0 spiro atoms. The highest BCUT2D eigenvalue weighted by molar-refractivity contribution is 5.98. The van der Waals surface area contributed by atoms with Gasteiger partial charge in [0.05, 0.1) is 23.0 Å². The summed E-state index contributed by atoms with van der Waals surface area (Å²) in [5.41, 5.74) is 10.7. The Hall–Kier alpha value is -1.82. The van der Waals surface area contributed by atoms with E-state index in [1.807, 2.05) is 0 Å². The molecule has 1 aliphatic carbocycles. The number of anilines is 2. The molecule has 0 aliphatic heterocycles. The lowest BCUT2D eigenvalue weighted by Crippen LogP contribution is -2.43. The molecular formula is C11H16N4O2. The minimum Gasteiger partial charge on any atom is -0.397 e. The third-order valence-electron chi connectivity index (χ3n) is 3.04. The highest BCUT2D eigenvalue weighted by atomic mass is 16.3. The van der Waals surface area contributed by atoms with E-state index in [0.717, 1.165) is 19.3 Å². The smallest absolute Gasteiger partial charge is 0.252 e. The third kappa shape index (κ3) is 2.47. The van der Waals surface area contributed by atoms with Crippen molar-refractivity contribution >= 4 is 17.4 Å². The third-order valence-corrected chi connectivity index (χ3v) is 3.04. The van der Waals surface area contributed by atoms with Crippen LogP contribution in [0, 0.1) is 0 Å². The van der Waals surface area contributed by atoms with Crippen molar-refractivity contribution < 1.29 is 9.90 Å². The van der Waals surface area contributed by atoms with Crippen LogP contribution in [0.5, 0.6) is 0 Å². The predicted octanol–water partition coefficient (Wildman–Crippen LogP) is 0.0896. The Morgan fingerprint density at radius 3 is 2.82 bits per heavy atom. The number of nitrogens with one attached hydrogen (secondary N) is 1. The molecule has 1 aromatic rings. The summed E-state index contributed by atoms with van der Waals surface area (Å²) in [6.07, 6.45) is 4.00. The van der Waals surface area contributed by atoms with E-state index in [1.54, 1.807) is 0 Å². The van der Waals surface area contributed by atoms with Crippen molar-refractivity contribution in [1.29, 1.82) is 0 Å². The maximum atomic E-state index is 11.2. The Balaban J connectivity index is 2.12. The number of carbonyl (C=O) groups excluding carboxylic acids is 1. The fourth-order valence-electron chi connectivity index (χ4n) is 1.82. The zero-order valence-corrected chi connectivity index (χ0v) is 9.44. The van der Waals surface area contributed by atoms with Crippen LogP contribution in [0.25, 0.3) is 0 Å². The summed E-state index contributed by atoms with van der Waals surface area (Å²) < 4.78 is 0. The summed E-state index contributed by atoms with van der Waals surface area (Å²) in [6, 6.07) is 1.47. The van der Waals surface area contributed by atoms with Crippen molar-refractivity contribution in [3.05, 3.63) is 17.8 Å². The molecule has 0 saturated heterocycles. The fraction of sp³-hybridized carbons (Fsp3) is 0.455. The van der Waals surface area contributed by atoms with Crippen LogP contribution in [0.15, 0.2) is 12.3 Å². The van der Waals surface area contributed by atoms with E-state index in [4.69, 9.17) is 11.5 Å².